The Morgan fingerprint density at radius 3 is 2.71 bits per heavy atom. The summed E-state index contributed by atoms with van der Waals surface area (Å²) < 4.78 is 10.6. The number of nitrogens with two attached hydrogens (primary N) is 1. The van der Waals surface area contributed by atoms with E-state index in [2.05, 4.69) is 11.4 Å². The summed E-state index contributed by atoms with van der Waals surface area (Å²) in [5, 5.41) is 11.1. The molecule has 0 unspecified atom stereocenters. The van der Waals surface area contributed by atoms with Gasteiger partial charge in [0, 0.05) is 12.0 Å². The summed E-state index contributed by atoms with van der Waals surface area (Å²) in [4.78, 5) is 0. The number of benzene rings is 1. The highest BCUT2D eigenvalue weighted by atomic mass is 16.5. The summed E-state index contributed by atoms with van der Waals surface area (Å²) in [7, 11) is 3.28. The van der Waals surface area contributed by atoms with E-state index in [1.165, 1.54) is 11.1 Å². The third-order valence-corrected chi connectivity index (χ3v) is 3.22. The molecule has 17 heavy (non-hydrogen) atoms. The summed E-state index contributed by atoms with van der Waals surface area (Å²) in [6, 6.07) is 6.51. The van der Waals surface area contributed by atoms with Crippen LogP contribution in [0.25, 0.3) is 0 Å². The third kappa shape index (κ3) is 2.20. The van der Waals surface area contributed by atoms with Crippen LogP contribution in [0.1, 0.15) is 23.6 Å². The molecule has 1 aliphatic heterocycles. The molecule has 0 amide bonds. The fourth-order valence-corrected chi connectivity index (χ4v) is 2.36. The van der Waals surface area contributed by atoms with Crippen molar-refractivity contribution < 1.29 is 14.8 Å². The molecule has 0 radical (unpaired) electrons. The van der Waals surface area contributed by atoms with Crippen molar-refractivity contribution in [3.8, 4) is 17.6 Å². The Bertz CT molecular complexity index is 451. The Kier molecular flexibility index (Phi) is 3.50. The molecule has 1 aliphatic rings. The smallest absolute Gasteiger partial charge is 0.161 e. The molecule has 0 bridgehead atoms. The minimum atomic E-state index is 0.226. The first-order valence-electron chi connectivity index (χ1n) is 5.75. The van der Waals surface area contributed by atoms with E-state index in [0.717, 1.165) is 24.5 Å². The summed E-state index contributed by atoms with van der Waals surface area (Å²) in [5.74, 6) is 1.51. The summed E-state index contributed by atoms with van der Waals surface area (Å²) in [6.07, 6.45) is 1.54. The maximum absolute atomic E-state index is 8.85. The predicted molar refractivity (Wildman–Crippen MR) is 63.0 cm³/mol. The second kappa shape index (κ2) is 5.07. The van der Waals surface area contributed by atoms with Gasteiger partial charge in [0.05, 0.1) is 33.3 Å². The highest BCUT2D eigenvalue weighted by Gasteiger charge is 2.25. The van der Waals surface area contributed by atoms with Gasteiger partial charge in [-0.15, -0.1) is 0 Å². The SMILES string of the molecule is COc1cc2c(cc1OC)[C@@H](CC#N)[NH2+]CC2. The molecule has 1 aromatic rings. The molecule has 2 rings (SSSR count). The minimum absolute atomic E-state index is 0.226. The van der Waals surface area contributed by atoms with Crippen molar-refractivity contribution in [3.63, 3.8) is 0 Å². The number of hydrogen-bond acceptors (Lipinski definition) is 3. The first-order chi connectivity index (χ1) is 8.30. The summed E-state index contributed by atoms with van der Waals surface area (Å²) >= 11 is 0. The van der Waals surface area contributed by atoms with Crippen LogP contribution in [0.15, 0.2) is 12.1 Å². The number of fused-ring (bicyclic) bond motifs is 1. The molecule has 1 heterocycles. The molecular weight excluding hydrogens is 216 g/mol. The van der Waals surface area contributed by atoms with E-state index in [-0.39, 0.29) is 6.04 Å². The molecule has 0 spiro atoms. The zero-order valence-corrected chi connectivity index (χ0v) is 10.2. The molecule has 1 aromatic carbocycles. The maximum Gasteiger partial charge on any atom is 0.161 e. The fourth-order valence-electron chi connectivity index (χ4n) is 2.36. The highest BCUT2D eigenvalue weighted by molar-refractivity contribution is 5.48. The van der Waals surface area contributed by atoms with Crippen molar-refractivity contribution in [3.05, 3.63) is 23.3 Å². The van der Waals surface area contributed by atoms with Gasteiger partial charge in [-0.3, -0.25) is 0 Å². The van der Waals surface area contributed by atoms with Gasteiger partial charge in [-0.25, -0.2) is 0 Å². The van der Waals surface area contributed by atoms with Gasteiger partial charge in [-0.2, -0.15) is 5.26 Å². The number of nitrogens with zero attached hydrogens (tertiary/aromatic N) is 1. The first kappa shape index (κ1) is 11.7. The van der Waals surface area contributed by atoms with E-state index in [9.17, 15) is 0 Å². The lowest BCUT2D eigenvalue weighted by molar-refractivity contribution is -0.698. The second-order valence-corrected chi connectivity index (χ2v) is 4.15. The van der Waals surface area contributed by atoms with Crippen LogP contribution in [-0.2, 0) is 6.42 Å². The second-order valence-electron chi connectivity index (χ2n) is 4.15. The topological polar surface area (TPSA) is 58.9 Å². The number of rotatable bonds is 3. The van der Waals surface area contributed by atoms with Gasteiger partial charge in [0.15, 0.2) is 11.5 Å². The lowest BCUT2D eigenvalue weighted by Crippen LogP contribution is -2.87. The van der Waals surface area contributed by atoms with Crippen LogP contribution in [0.4, 0.5) is 0 Å². The third-order valence-electron chi connectivity index (χ3n) is 3.22. The molecule has 4 nitrogen and oxygen atoms in total. The molecule has 2 N–H and O–H groups in total. The average Bonchev–Trinajstić information content (AvgIpc) is 2.38. The van der Waals surface area contributed by atoms with Gasteiger partial charge in [0.25, 0.3) is 0 Å². The van der Waals surface area contributed by atoms with Crippen molar-refractivity contribution in [1.82, 2.24) is 0 Å². The zero-order valence-electron chi connectivity index (χ0n) is 10.2. The van der Waals surface area contributed by atoms with Crippen LogP contribution >= 0.6 is 0 Å². The Balaban J connectivity index is 2.44. The van der Waals surface area contributed by atoms with E-state index < -0.39 is 0 Å². The van der Waals surface area contributed by atoms with Crippen LogP contribution < -0.4 is 14.8 Å². The normalized spacial score (nSPS) is 18.1. The van der Waals surface area contributed by atoms with Gasteiger partial charge in [-0.05, 0) is 17.7 Å². The lowest BCUT2D eigenvalue weighted by atomic mass is 9.92. The molecule has 0 fully saturated rings. The fraction of sp³-hybridized carbons (Fsp3) is 0.462. The maximum atomic E-state index is 8.85. The van der Waals surface area contributed by atoms with E-state index in [4.69, 9.17) is 14.7 Å². The van der Waals surface area contributed by atoms with Gasteiger partial charge in [0.2, 0.25) is 0 Å². The summed E-state index contributed by atoms with van der Waals surface area (Å²) in [6.45, 7) is 1.02. The Morgan fingerprint density at radius 2 is 2.06 bits per heavy atom. The van der Waals surface area contributed by atoms with Crippen LogP contribution in [-0.4, -0.2) is 20.8 Å². The molecular formula is C13H17N2O2+. The van der Waals surface area contributed by atoms with E-state index in [1.807, 2.05) is 12.1 Å². The molecule has 0 saturated carbocycles. The first-order valence-corrected chi connectivity index (χ1v) is 5.75. The van der Waals surface area contributed by atoms with E-state index >= 15 is 0 Å². The van der Waals surface area contributed by atoms with Crippen LogP contribution in [0.3, 0.4) is 0 Å². The monoisotopic (exact) mass is 233 g/mol. The quantitative estimate of drug-likeness (QED) is 0.839. The van der Waals surface area contributed by atoms with Gasteiger partial charge in [0.1, 0.15) is 6.04 Å². The number of ether oxygens (including phenoxy) is 2. The minimum Gasteiger partial charge on any atom is -0.493 e. The molecule has 1 atom stereocenters. The van der Waals surface area contributed by atoms with Gasteiger partial charge in [-0.1, -0.05) is 0 Å². The lowest BCUT2D eigenvalue weighted by Gasteiger charge is -2.23. The molecule has 90 valence electrons. The highest BCUT2D eigenvalue weighted by Crippen LogP contribution is 2.34. The van der Waals surface area contributed by atoms with E-state index in [1.54, 1.807) is 14.2 Å². The van der Waals surface area contributed by atoms with E-state index in [0.29, 0.717) is 6.42 Å². The zero-order chi connectivity index (χ0) is 12.3. The van der Waals surface area contributed by atoms with Gasteiger partial charge >= 0.3 is 0 Å². The molecule has 0 aromatic heterocycles. The average molecular weight is 233 g/mol. The molecule has 0 saturated heterocycles. The van der Waals surface area contributed by atoms with Crippen molar-refractivity contribution in [1.29, 1.82) is 5.26 Å². The Labute approximate surface area is 101 Å². The Hall–Kier alpha value is -1.73. The van der Waals surface area contributed by atoms with Crippen molar-refractivity contribution in [2.24, 2.45) is 0 Å². The van der Waals surface area contributed by atoms with Crippen LogP contribution in [0.2, 0.25) is 0 Å². The van der Waals surface area contributed by atoms with Crippen molar-refractivity contribution in [2.75, 3.05) is 20.8 Å². The Morgan fingerprint density at radius 1 is 1.35 bits per heavy atom. The summed E-state index contributed by atoms with van der Waals surface area (Å²) in [5.41, 5.74) is 2.47. The largest absolute Gasteiger partial charge is 0.493 e. The van der Waals surface area contributed by atoms with Crippen LogP contribution in [0.5, 0.6) is 11.5 Å². The van der Waals surface area contributed by atoms with Crippen LogP contribution in [0, 0.1) is 11.3 Å². The number of hydrogen-bond donors (Lipinski definition) is 1. The molecule has 4 heteroatoms. The van der Waals surface area contributed by atoms with Crippen molar-refractivity contribution >= 4 is 0 Å². The number of nitriles is 1. The van der Waals surface area contributed by atoms with Crippen molar-refractivity contribution in [2.45, 2.75) is 18.9 Å². The number of quaternary nitrogens is 1. The molecule has 0 aliphatic carbocycles. The predicted octanol–water partition coefficient (Wildman–Crippen LogP) is 0.778. The standard InChI is InChI=1S/C13H16N2O2/c1-16-12-7-9-4-6-15-11(3-5-14)10(9)8-13(12)17-2/h7-8,11,15H,3-4,6H2,1-2H3/p+1/t11-/m1/s1. The number of methoxy groups -OCH3 is 2. The van der Waals surface area contributed by atoms with Gasteiger partial charge < -0.3 is 14.8 Å².